The third-order valence-corrected chi connectivity index (χ3v) is 6.29. The van der Waals surface area contributed by atoms with Crippen LogP contribution in [0.25, 0.3) is 10.6 Å². The van der Waals surface area contributed by atoms with E-state index in [2.05, 4.69) is 10.3 Å². The molecule has 0 saturated carbocycles. The van der Waals surface area contributed by atoms with Gasteiger partial charge in [0.1, 0.15) is 10.7 Å². The van der Waals surface area contributed by atoms with Crippen molar-refractivity contribution in [2.24, 2.45) is 0 Å². The van der Waals surface area contributed by atoms with E-state index in [0.717, 1.165) is 37.1 Å². The normalized spacial score (nSPS) is 13.1. The number of likely N-dealkylation sites (tertiary alicyclic amines) is 1. The molecule has 8 heteroatoms. The van der Waals surface area contributed by atoms with Crippen LogP contribution in [0.3, 0.4) is 0 Å². The molecule has 1 fully saturated rings. The summed E-state index contributed by atoms with van der Waals surface area (Å²) in [7, 11) is 3.16. The zero-order valence-corrected chi connectivity index (χ0v) is 18.9. The number of nitrogens with zero attached hydrogens (tertiary/aromatic N) is 2. The molecule has 0 atom stereocenters. The van der Waals surface area contributed by atoms with Crippen LogP contribution in [-0.4, -0.2) is 49.0 Å². The molecule has 2 amide bonds. The Kier molecular flexibility index (Phi) is 6.70. The largest absolute Gasteiger partial charge is 0.493 e. The third kappa shape index (κ3) is 4.60. The molecule has 1 aliphatic heterocycles. The van der Waals surface area contributed by atoms with Gasteiger partial charge in [-0.2, -0.15) is 0 Å². The number of hydrogen-bond acceptors (Lipinski definition) is 6. The number of ether oxygens (including phenoxy) is 2. The highest BCUT2D eigenvalue weighted by Gasteiger charge is 2.20. The Balaban J connectivity index is 1.39. The highest BCUT2D eigenvalue weighted by atomic mass is 32.1. The number of hydrogen-bond donors (Lipinski definition) is 1. The van der Waals surface area contributed by atoms with Gasteiger partial charge in [0.15, 0.2) is 11.5 Å². The quantitative estimate of drug-likeness (QED) is 0.587. The predicted molar refractivity (Wildman–Crippen MR) is 123 cm³/mol. The van der Waals surface area contributed by atoms with Crippen LogP contribution in [0.15, 0.2) is 47.8 Å². The first-order chi connectivity index (χ1) is 15.6. The third-order valence-electron chi connectivity index (χ3n) is 5.42. The lowest BCUT2D eigenvalue weighted by atomic mass is 10.1. The Morgan fingerprint density at radius 1 is 1.06 bits per heavy atom. The van der Waals surface area contributed by atoms with Crippen molar-refractivity contribution in [3.8, 4) is 22.1 Å². The number of nitrogens with one attached hydrogen (secondary N) is 1. The molecule has 1 N–H and O–H groups in total. The second-order valence-electron chi connectivity index (χ2n) is 7.46. The fourth-order valence-corrected chi connectivity index (χ4v) is 4.52. The lowest BCUT2D eigenvalue weighted by Crippen LogP contribution is -2.27. The molecule has 3 aromatic rings. The van der Waals surface area contributed by atoms with E-state index in [1.165, 1.54) is 11.3 Å². The number of carbonyl (C=O) groups is 2. The van der Waals surface area contributed by atoms with Gasteiger partial charge < -0.3 is 19.7 Å². The zero-order valence-electron chi connectivity index (χ0n) is 18.1. The fourth-order valence-electron chi connectivity index (χ4n) is 3.70. The fraction of sp³-hybridized carbons (Fsp3) is 0.292. The molecular weight excluding hydrogens is 426 g/mol. The molecule has 2 aromatic carbocycles. The Labute approximate surface area is 191 Å². The van der Waals surface area contributed by atoms with Gasteiger partial charge in [0.2, 0.25) is 0 Å². The minimum absolute atomic E-state index is 0.0704. The van der Waals surface area contributed by atoms with Crippen molar-refractivity contribution in [3.05, 3.63) is 64.7 Å². The Bertz CT molecular complexity index is 1100. The molecule has 1 aromatic heterocycles. The number of amides is 2. The van der Waals surface area contributed by atoms with E-state index in [9.17, 15) is 9.59 Å². The van der Waals surface area contributed by atoms with Crippen molar-refractivity contribution in [1.82, 2.24) is 15.2 Å². The number of para-hydroxylation sites is 1. The molecule has 4 rings (SSSR count). The van der Waals surface area contributed by atoms with E-state index in [1.807, 2.05) is 47.4 Å². The van der Waals surface area contributed by atoms with Gasteiger partial charge in [-0.3, -0.25) is 9.59 Å². The molecule has 0 unspecified atom stereocenters. The lowest BCUT2D eigenvalue weighted by molar-refractivity contribution is 0.0792. The minimum Gasteiger partial charge on any atom is -0.493 e. The highest BCUT2D eigenvalue weighted by molar-refractivity contribution is 7.13. The summed E-state index contributed by atoms with van der Waals surface area (Å²) in [6, 6.07) is 12.9. The second kappa shape index (κ2) is 9.82. The number of thiazole rings is 1. The first kappa shape index (κ1) is 21.8. The summed E-state index contributed by atoms with van der Waals surface area (Å²) in [6.45, 7) is 2.01. The van der Waals surface area contributed by atoms with Crippen molar-refractivity contribution in [2.45, 2.75) is 19.4 Å². The van der Waals surface area contributed by atoms with E-state index >= 15 is 0 Å². The molecule has 166 valence electrons. The van der Waals surface area contributed by atoms with Gasteiger partial charge in [-0.05, 0) is 42.7 Å². The molecule has 0 aliphatic carbocycles. The standard InChI is InChI=1S/C24H25N3O4S/c1-30-20-7-5-6-18(21(20)31-2)23-26-19(15-32-23)22(28)25-14-16-8-10-17(11-9-16)24(29)27-12-3-4-13-27/h5-11,15H,3-4,12-14H2,1-2H3,(H,25,28). The van der Waals surface area contributed by atoms with Gasteiger partial charge >= 0.3 is 0 Å². The maximum atomic E-state index is 12.6. The highest BCUT2D eigenvalue weighted by Crippen LogP contribution is 2.38. The van der Waals surface area contributed by atoms with Crippen LogP contribution < -0.4 is 14.8 Å². The van der Waals surface area contributed by atoms with Gasteiger partial charge in [-0.1, -0.05) is 18.2 Å². The first-order valence-corrected chi connectivity index (χ1v) is 11.3. The SMILES string of the molecule is COc1cccc(-c2nc(C(=O)NCc3ccc(C(=O)N4CCCC4)cc3)cs2)c1OC. The van der Waals surface area contributed by atoms with E-state index in [4.69, 9.17) is 9.47 Å². The Morgan fingerprint density at radius 3 is 2.50 bits per heavy atom. The predicted octanol–water partition coefficient (Wildman–Crippen LogP) is 3.99. The van der Waals surface area contributed by atoms with E-state index < -0.39 is 0 Å². The summed E-state index contributed by atoms with van der Waals surface area (Å²) >= 11 is 1.37. The summed E-state index contributed by atoms with van der Waals surface area (Å²) in [5, 5.41) is 5.29. The summed E-state index contributed by atoms with van der Waals surface area (Å²) < 4.78 is 10.8. The van der Waals surface area contributed by atoms with Gasteiger partial charge in [0.25, 0.3) is 11.8 Å². The topological polar surface area (TPSA) is 80.8 Å². The minimum atomic E-state index is -0.258. The maximum Gasteiger partial charge on any atom is 0.271 e. The molecule has 1 saturated heterocycles. The molecule has 1 aliphatic rings. The van der Waals surface area contributed by atoms with Crippen molar-refractivity contribution in [1.29, 1.82) is 0 Å². The summed E-state index contributed by atoms with van der Waals surface area (Å²) in [5.74, 6) is 1.00. The smallest absolute Gasteiger partial charge is 0.271 e. The first-order valence-electron chi connectivity index (χ1n) is 10.4. The monoisotopic (exact) mass is 451 g/mol. The van der Waals surface area contributed by atoms with Gasteiger partial charge in [-0.15, -0.1) is 11.3 Å². The van der Waals surface area contributed by atoms with Crippen LogP contribution in [0.5, 0.6) is 11.5 Å². The Hall–Kier alpha value is -3.39. The van der Waals surface area contributed by atoms with Gasteiger partial charge in [0, 0.05) is 30.6 Å². The van der Waals surface area contributed by atoms with E-state index in [1.54, 1.807) is 19.6 Å². The van der Waals surface area contributed by atoms with E-state index in [-0.39, 0.29) is 11.8 Å². The van der Waals surface area contributed by atoms with Crippen molar-refractivity contribution >= 4 is 23.2 Å². The number of aromatic nitrogens is 1. The van der Waals surface area contributed by atoms with Crippen molar-refractivity contribution in [3.63, 3.8) is 0 Å². The Morgan fingerprint density at radius 2 is 1.81 bits per heavy atom. The summed E-state index contributed by atoms with van der Waals surface area (Å²) in [4.78, 5) is 31.4. The molecule has 0 radical (unpaired) electrons. The average Bonchev–Trinajstić information content (AvgIpc) is 3.54. The average molecular weight is 452 g/mol. The van der Waals surface area contributed by atoms with Crippen LogP contribution in [0.1, 0.15) is 39.3 Å². The molecule has 0 spiro atoms. The molecule has 0 bridgehead atoms. The number of rotatable bonds is 7. The van der Waals surface area contributed by atoms with Crippen LogP contribution in [0.4, 0.5) is 0 Å². The molecule has 7 nitrogen and oxygen atoms in total. The summed E-state index contributed by atoms with van der Waals surface area (Å²) in [5.41, 5.74) is 2.71. The summed E-state index contributed by atoms with van der Waals surface area (Å²) in [6.07, 6.45) is 2.14. The van der Waals surface area contributed by atoms with Gasteiger partial charge in [-0.25, -0.2) is 4.98 Å². The molecular formula is C24H25N3O4S. The second-order valence-corrected chi connectivity index (χ2v) is 8.32. The maximum absolute atomic E-state index is 12.6. The van der Waals surface area contributed by atoms with Crippen LogP contribution in [-0.2, 0) is 6.54 Å². The number of benzene rings is 2. The van der Waals surface area contributed by atoms with Crippen LogP contribution in [0.2, 0.25) is 0 Å². The zero-order chi connectivity index (χ0) is 22.5. The molecule has 32 heavy (non-hydrogen) atoms. The van der Waals surface area contributed by atoms with Crippen LogP contribution in [0, 0.1) is 0 Å². The van der Waals surface area contributed by atoms with E-state index in [0.29, 0.717) is 34.3 Å². The lowest BCUT2D eigenvalue weighted by Gasteiger charge is -2.15. The van der Waals surface area contributed by atoms with Gasteiger partial charge in [0.05, 0.1) is 19.8 Å². The number of carbonyl (C=O) groups excluding carboxylic acids is 2. The number of methoxy groups -OCH3 is 2. The van der Waals surface area contributed by atoms with Crippen LogP contribution >= 0.6 is 11.3 Å². The van der Waals surface area contributed by atoms with Crippen molar-refractivity contribution < 1.29 is 19.1 Å². The molecule has 2 heterocycles. The van der Waals surface area contributed by atoms with Crippen molar-refractivity contribution in [2.75, 3.05) is 27.3 Å².